The van der Waals surface area contributed by atoms with Crippen LogP contribution in [0.25, 0.3) is 15.9 Å². The fourth-order valence-corrected chi connectivity index (χ4v) is 4.69. The molecule has 1 N–H and O–H groups in total. The molecule has 2 heterocycles. The molecule has 0 aliphatic heterocycles. The second kappa shape index (κ2) is 7.61. The summed E-state index contributed by atoms with van der Waals surface area (Å²) in [5.74, 6) is 1.35. The third-order valence-corrected chi connectivity index (χ3v) is 6.63. The topological polar surface area (TPSA) is 72.7 Å². The zero-order valence-electron chi connectivity index (χ0n) is 15.8. The van der Waals surface area contributed by atoms with E-state index in [0.717, 1.165) is 34.6 Å². The predicted molar refractivity (Wildman–Crippen MR) is 117 cm³/mol. The van der Waals surface area contributed by atoms with Gasteiger partial charge < -0.3 is 5.32 Å². The van der Waals surface area contributed by atoms with Crippen molar-refractivity contribution in [2.75, 3.05) is 5.32 Å². The number of thioether (sulfide) groups is 1. The molecule has 2 aromatic carbocycles. The Hall–Kier alpha value is -2.71. The molecule has 146 valence electrons. The molecule has 2 aromatic heterocycles. The standard InChI is InChI=1S/C21H19N5OS2/c1-13(19(27)24-20-22-16-9-5-6-10-17(16)29-20)28-21-23-18(14-11-12-14)26(25-21)15-7-3-2-4-8-15/h2-10,13-14H,11-12H2,1H3,(H,22,24,27). The second-order valence-electron chi connectivity index (χ2n) is 7.01. The first kappa shape index (κ1) is 18.3. The Morgan fingerprint density at radius 3 is 2.66 bits per heavy atom. The minimum Gasteiger partial charge on any atom is -0.301 e. The largest absolute Gasteiger partial charge is 0.301 e. The van der Waals surface area contributed by atoms with Gasteiger partial charge in [0, 0.05) is 5.92 Å². The van der Waals surface area contributed by atoms with Gasteiger partial charge in [-0.1, -0.05) is 53.4 Å². The summed E-state index contributed by atoms with van der Waals surface area (Å²) in [5, 5.41) is 8.52. The Morgan fingerprint density at radius 1 is 1.14 bits per heavy atom. The number of para-hydroxylation sites is 2. The van der Waals surface area contributed by atoms with Gasteiger partial charge in [-0.3, -0.25) is 4.79 Å². The van der Waals surface area contributed by atoms with Crippen molar-refractivity contribution in [3.63, 3.8) is 0 Å². The van der Waals surface area contributed by atoms with Crippen molar-refractivity contribution >= 4 is 44.4 Å². The lowest BCUT2D eigenvalue weighted by Gasteiger charge is -2.07. The lowest BCUT2D eigenvalue weighted by Crippen LogP contribution is -2.22. The molecule has 5 rings (SSSR count). The van der Waals surface area contributed by atoms with Crippen LogP contribution in [0.5, 0.6) is 0 Å². The average Bonchev–Trinajstić information content (AvgIpc) is 3.37. The van der Waals surface area contributed by atoms with E-state index in [4.69, 9.17) is 4.98 Å². The number of fused-ring (bicyclic) bond motifs is 1. The molecule has 1 aliphatic carbocycles. The summed E-state index contributed by atoms with van der Waals surface area (Å²) in [4.78, 5) is 21.9. The SMILES string of the molecule is CC(Sc1nc(C2CC2)n(-c2ccccc2)n1)C(=O)Nc1nc2ccccc2s1. The number of benzene rings is 2. The summed E-state index contributed by atoms with van der Waals surface area (Å²) in [6.07, 6.45) is 2.28. The first-order valence-electron chi connectivity index (χ1n) is 9.53. The number of hydrogen-bond donors (Lipinski definition) is 1. The maximum absolute atomic E-state index is 12.7. The van der Waals surface area contributed by atoms with Gasteiger partial charge in [0.25, 0.3) is 0 Å². The molecule has 29 heavy (non-hydrogen) atoms. The van der Waals surface area contributed by atoms with E-state index in [9.17, 15) is 4.79 Å². The van der Waals surface area contributed by atoms with Gasteiger partial charge in [0.15, 0.2) is 5.13 Å². The molecule has 6 nitrogen and oxygen atoms in total. The van der Waals surface area contributed by atoms with Gasteiger partial charge in [-0.2, -0.15) is 0 Å². The molecular weight excluding hydrogens is 402 g/mol. The second-order valence-corrected chi connectivity index (χ2v) is 9.35. The summed E-state index contributed by atoms with van der Waals surface area (Å²) in [6.45, 7) is 1.87. The van der Waals surface area contributed by atoms with Gasteiger partial charge in [-0.15, -0.1) is 5.10 Å². The first-order chi connectivity index (χ1) is 14.2. The normalized spacial score (nSPS) is 14.8. The lowest BCUT2D eigenvalue weighted by atomic mass is 10.3. The third-order valence-electron chi connectivity index (χ3n) is 4.73. The van der Waals surface area contributed by atoms with Crippen LogP contribution >= 0.6 is 23.1 Å². The maximum Gasteiger partial charge on any atom is 0.239 e. The fraction of sp³-hybridized carbons (Fsp3) is 0.238. The molecule has 1 unspecified atom stereocenters. The van der Waals surface area contributed by atoms with Gasteiger partial charge in [-0.05, 0) is 44.0 Å². The van der Waals surface area contributed by atoms with E-state index in [-0.39, 0.29) is 11.2 Å². The van der Waals surface area contributed by atoms with Crippen molar-refractivity contribution in [1.82, 2.24) is 19.7 Å². The molecule has 1 saturated carbocycles. The van der Waals surface area contributed by atoms with E-state index in [1.165, 1.54) is 23.1 Å². The van der Waals surface area contributed by atoms with Crippen LogP contribution in [0.3, 0.4) is 0 Å². The van der Waals surface area contributed by atoms with E-state index in [1.54, 1.807) is 0 Å². The number of anilines is 1. The molecular formula is C21H19N5OS2. The molecule has 4 aromatic rings. The Kier molecular flexibility index (Phi) is 4.81. The monoisotopic (exact) mass is 421 g/mol. The minimum absolute atomic E-state index is 0.0990. The Morgan fingerprint density at radius 2 is 1.90 bits per heavy atom. The van der Waals surface area contributed by atoms with Crippen LogP contribution in [0.4, 0.5) is 5.13 Å². The molecule has 0 radical (unpaired) electrons. The van der Waals surface area contributed by atoms with Crippen molar-refractivity contribution < 1.29 is 4.79 Å². The van der Waals surface area contributed by atoms with E-state index >= 15 is 0 Å². The minimum atomic E-state index is -0.333. The Balaban J connectivity index is 1.32. The number of carbonyl (C=O) groups is 1. The van der Waals surface area contributed by atoms with Gasteiger partial charge in [0.2, 0.25) is 11.1 Å². The van der Waals surface area contributed by atoms with Crippen LogP contribution in [-0.2, 0) is 4.79 Å². The molecule has 1 fully saturated rings. The lowest BCUT2D eigenvalue weighted by molar-refractivity contribution is -0.115. The van der Waals surface area contributed by atoms with Crippen molar-refractivity contribution in [2.45, 2.75) is 36.1 Å². The van der Waals surface area contributed by atoms with Gasteiger partial charge in [0.1, 0.15) is 5.82 Å². The van der Waals surface area contributed by atoms with Crippen LogP contribution in [0.1, 0.15) is 31.5 Å². The van der Waals surface area contributed by atoms with Crippen LogP contribution in [-0.4, -0.2) is 30.9 Å². The zero-order chi connectivity index (χ0) is 19.8. The highest BCUT2D eigenvalue weighted by Crippen LogP contribution is 2.40. The number of hydrogen-bond acceptors (Lipinski definition) is 6. The number of aromatic nitrogens is 4. The number of amides is 1. The molecule has 1 atom stereocenters. The molecule has 1 aliphatic rings. The number of rotatable bonds is 6. The van der Waals surface area contributed by atoms with E-state index in [0.29, 0.717) is 16.2 Å². The van der Waals surface area contributed by atoms with Crippen molar-refractivity contribution in [1.29, 1.82) is 0 Å². The third kappa shape index (κ3) is 3.90. The summed E-state index contributed by atoms with van der Waals surface area (Å²) in [7, 11) is 0. The van der Waals surface area contributed by atoms with Crippen molar-refractivity contribution in [3.8, 4) is 5.69 Å². The molecule has 1 amide bonds. The summed E-state index contributed by atoms with van der Waals surface area (Å²) in [5.41, 5.74) is 1.89. The zero-order valence-corrected chi connectivity index (χ0v) is 17.4. The van der Waals surface area contributed by atoms with Crippen LogP contribution in [0, 0.1) is 0 Å². The molecule has 8 heteroatoms. The van der Waals surface area contributed by atoms with E-state index in [1.807, 2.05) is 66.2 Å². The molecule has 0 bridgehead atoms. The first-order valence-corrected chi connectivity index (χ1v) is 11.2. The highest BCUT2D eigenvalue weighted by molar-refractivity contribution is 8.00. The van der Waals surface area contributed by atoms with Crippen molar-refractivity contribution in [2.24, 2.45) is 0 Å². The van der Waals surface area contributed by atoms with E-state index in [2.05, 4.69) is 15.4 Å². The number of carbonyl (C=O) groups excluding carboxylic acids is 1. The van der Waals surface area contributed by atoms with Crippen LogP contribution in [0.15, 0.2) is 59.8 Å². The number of nitrogens with one attached hydrogen (secondary N) is 1. The predicted octanol–water partition coefficient (Wildman–Crippen LogP) is 4.87. The molecule has 0 spiro atoms. The number of nitrogens with zero attached hydrogens (tertiary/aromatic N) is 4. The molecule has 0 saturated heterocycles. The summed E-state index contributed by atoms with van der Waals surface area (Å²) >= 11 is 2.85. The van der Waals surface area contributed by atoms with Gasteiger partial charge in [-0.25, -0.2) is 14.6 Å². The summed E-state index contributed by atoms with van der Waals surface area (Å²) in [6, 6.07) is 17.9. The van der Waals surface area contributed by atoms with Gasteiger partial charge >= 0.3 is 0 Å². The Labute approximate surface area is 176 Å². The van der Waals surface area contributed by atoms with Gasteiger partial charge in [0.05, 0.1) is 21.2 Å². The highest BCUT2D eigenvalue weighted by Gasteiger charge is 2.31. The fourth-order valence-electron chi connectivity index (χ4n) is 3.06. The smallest absolute Gasteiger partial charge is 0.239 e. The number of thiazole rings is 1. The summed E-state index contributed by atoms with van der Waals surface area (Å²) < 4.78 is 2.97. The quantitative estimate of drug-likeness (QED) is 0.450. The maximum atomic E-state index is 12.7. The highest BCUT2D eigenvalue weighted by atomic mass is 32.2. The average molecular weight is 422 g/mol. The van der Waals surface area contributed by atoms with E-state index < -0.39 is 0 Å². The van der Waals surface area contributed by atoms with Crippen LogP contribution < -0.4 is 5.32 Å². The van der Waals surface area contributed by atoms with Crippen LogP contribution in [0.2, 0.25) is 0 Å². The Bertz CT molecular complexity index is 1130. The van der Waals surface area contributed by atoms with Crippen molar-refractivity contribution in [3.05, 3.63) is 60.4 Å².